The normalized spacial score (nSPS) is 19.5. The second kappa shape index (κ2) is 8.18. The zero-order chi connectivity index (χ0) is 19.3. The van der Waals surface area contributed by atoms with Gasteiger partial charge in [0.1, 0.15) is 18.2 Å². The molecule has 1 N–H and O–H groups in total. The summed E-state index contributed by atoms with van der Waals surface area (Å²) in [4.78, 5) is 40.7. The van der Waals surface area contributed by atoms with Gasteiger partial charge in [-0.15, -0.1) is 0 Å². The lowest BCUT2D eigenvalue weighted by molar-refractivity contribution is -0.234. The third-order valence-electron chi connectivity index (χ3n) is 3.57. The average molecular weight is 364 g/mol. The topological polar surface area (TPSA) is 94.2 Å². The molecule has 1 unspecified atom stereocenters. The minimum atomic E-state index is -0.745. The number of β-lactam (4-membered cyclic amide) rings is 1. The zero-order valence-electron chi connectivity index (χ0n) is 15.4. The summed E-state index contributed by atoms with van der Waals surface area (Å²) in [6.07, 6.45) is -0.676. The highest BCUT2D eigenvalue weighted by Gasteiger charge is 2.47. The van der Waals surface area contributed by atoms with Crippen LogP contribution < -0.4 is 5.32 Å². The number of carbonyl (C=O) groups excluding carboxylic acids is 3. The molecule has 1 aromatic rings. The SMILES string of the molecule is CC1[C@H](NC(=O)OC(C)(C)C)C(=O)N1OCC(=O)OCc1ccccc1. The number of amides is 2. The van der Waals surface area contributed by atoms with Gasteiger partial charge in [-0.2, -0.15) is 0 Å². The molecule has 0 spiro atoms. The molecule has 0 aliphatic carbocycles. The number of nitrogens with zero attached hydrogens (tertiary/aromatic N) is 1. The molecular weight excluding hydrogens is 340 g/mol. The van der Waals surface area contributed by atoms with Crippen molar-refractivity contribution in [3.8, 4) is 0 Å². The van der Waals surface area contributed by atoms with E-state index in [9.17, 15) is 14.4 Å². The van der Waals surface area contributed by atoms with Crippen molar-refractivity contribution in [2.45, 2.75) is 52.0 Å². The predicted octanol–water partition coefficient (Wildman–Crippen LogP) is 1.79. The van der Waals surface area contributed by atoms with Gasteiger partial charge in [-0.3, -0.25) is 9.63 Å². The Hall–Kier alpha value is -2.61. The quantitative estimate of drug-likeness (QED) is 0.611. The summed E-state index contributed by atoms with van der Waals surface area (Å²) in [7, 11) is 0. The van der Waals surface area contributed by atoms with E-state index in [1.165, 1.54) is 0 Å². The molecule has 0 radical (unpaired) electrons. The molecule has 142 valence electrons. The van der Waals surface area contributed by atoms with Gasteiger partial charge in [-0.05, 0) is 33.3 Å². The van der Waals surface area contributed by atoms with Crippen molar-refractivity contribution >= 4 is 18.0 Å². The fraction of sp³-hybridized carbons (Fsp3) is 0.500. The number of esters is 1. The number of nitrogens with one attached hydrogen (secondary N) is 1. The molecule has 2 amide bonds. The van der Waals surface area contributed by atoms with Gasteiger partial charge in [0, 0.05) is 0 Å². The van der Waals surface area contributed by atoms with Crippen LogP contribution in [0, 0.1) is 0 Å². The van der Waals surface area contributed by atoms with Gasteiger partial charge in [0.05, 0.1) is 6.04 Å². The first-order chi connectivity index (χ1) is 12.2. The van der Waals surface area contributed by atoms with E-state index in [0.717, 1.165) is 10.6 Å². The predicted molar refractivity (Wildman–Crippen MR) is 91.7 cm³/mol. The molecule has 1 saturated heterocycles. The van der Waals surface area contributed by atoms with Crippen LogP contribution in [0.5, 0.6) is 0 Å². The van der Waals surface area contributed by atoms with E-state index in [1.807, 2.05) is 30.3 Å². The second-order valence-electron chi connectivity index (χ2n) is 6.95. The molecule has 8 heteroatoms. The van der Waals surface area contributed by atoms with E-state index in [2.05, 4.69) is 5.32 Å². The third kappa shape index (κ3) is 5.45. The molecule has 1 aliphatic heterocycles. The standard InChI is InChI=1S/C18H24N2O6/c1-12-15(19-17(23)26-18(2,3)4)16(22)20(12)25-11-14(21)24-10-13-8-6-5-7-9-13/h5-9,12,15H,10-11H2,1-4H3,(H,19,23)/t12?,15-/m0/s1. The van der Waals surface area contributed by atoms with E-state index in [4.69, 9.17) is 14.3 Å². The first-order valence-electron chi connectivity index (χ1n) is 8.32. The molecule has 2 rings (SSSR count). The van der Waals surface area contributed by atoms with E-state index in [0.29, 0.717) is 0 Å². The molecule has 26 heavy (non-hydrogen) atoms. The first-order valence-corrected chi connectivity index (χ1v) is 8.32. The van der Waals surface area contributed by atoms with Crippen LogP contribution in [0.3, 0.4) is 0 Å². The van der Waals surface area contributed by atoms with Gasteiger partial charge in [0.25, 0.3) is 5.91 Å². The molecule has 0 saturated carbocycles. The third-order valence-corrected chi connectivity index (χ3v) is 3.57. The number of hydrogen-bond donors (Lipinski definition) is 1. The summed E-state index contributed by atoms with van der Waals surface area (Å²) in [5, 5.41) is 3.54. The molecule has 1 fully saturated rings. The Labute approximate surface area is 152 Å². The highest BCUT2D eigenvalue weighted by Crippen LogP contribution is 2.20. The van der Waals surface area contributed by atoms with Crippen LogP contribution in [0.2, 0.25) is 0 Å². The molecule has 0 aromatic heterocycles. The fourth-order valence-corrected chi connectivity index (χ4v) is 2.30. The van der Waals surface area contributed by atoms with Gasteiger partial charge >= 0.3 is 12.1 Å². The number of hydrogen-bond acceptors (Lipinski definition) is 6. The summed E-state index contributed by atoms with van der Waals surface area (Å²) in [6, 6.07) is 8.06. The van der Waals surface area contributed by atoms with Crippen molar-refractivity contribution < 1.29 is 28.7 Å². The molecular formula is C18H24N2O6. The summed E-state index contributed by atoms with van der Waals surface area (Å²) in [5.41, 5.74) is 0.203. The number of ether oxygens (including phenoxy) is 2. The molecule has 1 aromatic carbocycles. The Kier molecular flexibility index (Phi) is 6.20. The van der Waals surface area contributed by atoms with E-state index >= 15 is 0 Å². The summed E-state index contributed by atoms with van der Waals surface area (Å²) < 4.78 is 10.2. The maximum absolute atomic E-state index is 12.0. The van der Waals surface area contributed by atoms with Crippen LogP contribution >= 0.6 is 0 Å². The maximum atomic E-state index is 12.0. The lowest BCUT2D eigenvalue weighted by atomic mass is 10.0. The number of alkyl carbamates (subject to hydrolysis) is 1. The van der Waals surface area contributed by atoms with Crippen LogP contribution in [0.4, 0.5) is 4.79 Å². The van der Waals surface area contributed by atoms with Gasteiger partial charge < -0.3 is 14.8 Å². The Balaban J connectivity index is 1.71. The summed E-state index contributed by atoms with van der Waals surface area (Å²) >= 11 is 0. The van der Waals surface area contributed by atoms with E-state index < -0.39 is 35.7 Å². The van der Waals surface area contributed by atoms with Crippen LogP contribution in [0.1, 0.15) is 33.3 Å². The first kappa shape index (κ1) is 19.7. The van der Waals surface area contributed by atoms with Crippen molar-refractivity contribution in [1.29, 1.82) is 0 Å². The lowest BCUT2D eigenvalue weighted by Crippen LogP contribution is -2.69. The van der Waals surface area contributed by atoms with Gasteiger partial charge in [-0.25, -0.2) is 14.7 Å². The van der Waals surface area contributed by atoms with E-state index in [1.54, 1.807) is 27.7 Å². The summed E-state index contributed by atoms with van der Waals surface area (Å²) in [5.74, 6) is -1.03. The van der Waals surface area contributed by atoms with Gasteiger partial charge in [0.15, 0.2) is 6.61 Å². The molecule has 2 atom stereocenters. The number of benzene rings is 1. The second-order valence-corrected chi connectivity index (χ2v) is 6.95. The Morgan fingerprint density at radius 1 is 1.19 bits per heavy atom. The van der Waals surface area contributed by atoms with Crippen LogP contribution in [-0.4, -0.2) is 47.3 Å². The number of hydroxylamine groups is 2. The molecule has 1 heterocycles. The van der Waals surface area contributed by atoms with Gasteiger partial charge in [0.2, 0.25) is 0 Å². The number of carbonyl (C=O) groups is 3. The fourth-order valence-electron chi connectivity index (χ4n) is 2.30. The van der Waals surface area contributed by atoms with Gasteiger partial charge in [-0.1, -0.05) is 30.3 Å². The maximum Gasteiger partial charge on any atom is 0.408 e. The number of rotatable bonds is 6. The minimum absolute atomic E-state index is 0.134. The molecule has 0 bridgehead atoms. The minimum Gasteiger partial charge on any atom is -0.459 e. The smallest absolute Gasteiger partial charge is 0.408 e. The summed E-state index contributed by atoms with van der Waals surface area (Å²) in [6.45, 7) is 6.63. The Morgan fingerprint density at radius 2 is 1.85 bits per heavy atom. The van der Waals surface area contributed by atoms with Crippen molar-refractivity contribution in [3.63, 3.8) is 0 Å². The zero-order valence-corrected chi connectivity index (χ0v) is 15.4. The molecule has 8 nitrogen and oxygen atoms in total. The van der Waals surface area contributed by atoms with Crippen molar-refractivity contribution in [2.75, 3.05) is 6.61 Å². The largest absolute Gasteiger partial charge is 0.459 e. The van der Waals surface area contributed by atoms with Crippen molar-refractivity contribution in [2.24, 2.45) is 0 Å². The highest BCUT2D eigenvalue weighted by atomic mass is 16.7. The van der Waals surface area contributed by atoms with Crippen LogP contribution in [0.15, 0.2) is 30.3 Å². The highest BCUT2D eigenvalue weighted by molar-refractivity contribution is 5.91. The monoisotopic (exact) mass is 364 g/mol. The van der Waals surface area contributed by atoms with Crippen LogP contribution in [-0.2, 0) is 30.5 Å². The van der Waals surface area contributed by atoms with E-state index in [-0.39, 0.29) is 13.2 Å². The Morgan fingerprint density at radius 3 is 2.42 bits per heavy atom. The average Bonchev–Trinajstić information content (AvgIpc) is 2.57. The van der Waals surface area contributed by atoms with Crippen molar-refractivity contribution in [1.82, 2.24) is 10.4 Å². The molecule has 1 aliphatic rings. The van der Waals surface area contributed by atoms with Crippen LogP contribution in [0.25, 0.3) is 0 Å². The van der Waals surface area contributed by atoms with Crippen molar-refractivity contribution in [3.05, 3.63) is 35.9 Å². The lowest BCUT2D eigenvalue weighted by Gasteiger charge is -2.43. The Bertz CT molecular complexity index is 655.